The molecule has 1 aromatic heterocycles. The molecule has 0 aliphatic rings. The first-order valence-electron chi connectivity index (χ1n) is 6.28. The molecule has 0 fully saturated rings. The summed E-state index contributed by atoms with van der Waals surface area (Å²) < 4.78 is 15.7. The van der Waals surface area contributed by atoms with Crippen molar-refractivity contribution in [2.45, 2.75) is 4.34 Å². The summed E-state index contributed by atoms with van der Waals surface area (Å²) in [5, 5.41) is 2.94. The predicted octanol–water partition coefficient (Wildman–Crippen LogP) is 5.06. The minimum Gasteiger partial charge on any atom is -0.322 e. The normalized spacial score (nSPS) is 10.9. The molecule has 1 amide bonds. The molecule has 0 aliphatic carbocycles. The molecule has 0 bridgehead atoms. The molecule has 0 atom stereocenters. The zero-order valence-electron chi connectivity index (χ0n) is 11.4. The van der Waals surface area contributed by atoms with E-state index in [9.17, 15) is 9.18 Å². The quantitative estimate of drug-likeness (QED) is 0.670. The number of aromatic nitrogens is 1. The lowest BCUT2D eigenvalue weighted by atomic mass is 10.2. The number of amides is 1. The minimum absolute atomic E-state index is 0.0430. The molecular weight excluding hydrogens is 343 g/mol. The lowest BCUT2D eigenvalue weighted by Crippen LogP contribution is -2.13. The number of thioether (sulfide) groups is 1. The molecule has 0 saturated carbocycles. The Kier molecular flexibility index (Phi) is 4.33. The number of hydrogen-bond acceptors (Lipinski definition) is 4. The van der Waals surface area contributed by atoms with Crippen LogP contribution in [0.2, 0.25) is 5.02 Å². The van der Waals surface area contributed by atoms with E-state index in [2.05, 4.69) is 10.3 Å². The first-order valence-corrected chi connectivity index (χ1v) is 8.70. The molecule has 1 N–H and O–H groups in total. The van der Waals surface area contributed by atoms with Crippen LogP contribution in [0.4, 0.5) is 10.1 Å². The lowest BCUT2D eigenvalue weighted by Gasteiger charge is -2.06. The van der Waals surface area contributed by atoms with Gasteiger partial charge in [-0.05, 0) is 42.7 Å². The molecular formula is C15H10ClFN2OS2. The van der Waals surface area contributed by atoms with Crippen LogP contribution >= 0.6 is 34.7 Å². The van der Waals surface area contributed by atoms with Crippen molar-refractivity contribution < 1.29 is 9.18 Å². The monoisotopic (exact) mass is 352 g/mol. The van der Waals surface area contributed by atoms with Gasteiger partial charge in [0.2, 0.25) is 0 Å². The first-order chi connectivity index (χ1) is 10.6. The molecule has 0 radical (unpaired) electrons. The number of rotatable bonds is 3. The molecule has 1 heterocycles. The number of nitrogens with one attached hydrogen (secondary N) is 1. The number of carbonyl (C=O) groups is 1. The summed E-state index contributed by atoms with van der Waals surface area (Å²) in [7, 11) is 0. The molecule has 3 aromatic rings. The number of hydrogen-bond donors (Lipinski definition) is 1. The van der Waals surface area contributed by atoms with E-state index in [-0.39, 0.29) is 10.6 Å². The Bertz CT molecular complexity index is 866. The summed E-state index contributed by atoms with van der Waals surface area (Å²) in [5.74, 6) is -1.16. The highest BCUT2D eigenvalue weighted by molar-refractivity contribution is 8.00. The number of benzene rings is 2. The number of halogens is 2. The zero-order chi connectivity index (χ0) is 15.7. The second kappa shape index (κ2) is 6.24. The Morgan fingerprint density at radius 1 is 1.32 bits per heavy atom. The van der Waals surface area contributed by atoms with Crippen molar-refractivity contribution in [2.24, 2.45) is 0 Å². The Balaban J connectivity index is 1.87. The molecule has 0 unspecified atom stereocenters. The summed E-state index contributed by atoms with van der Waals surface area (Å²) in [4.78, 5) is 16.6. The molecule has 0 saturated heterocycles. The highest BCUT2D eigenvalue weighted by atomic mass is 35.5. The number of carbonyl (C=O) groups excluding carboxylic acids is 1. The minimum atomic E-state index is -0.645. The molecule has 112 valence electrons. The van der Waals surface area contributed by atoms with Gasteiger partial charge in [0.05, 0.1) is 15.8 Å². The van der Waals surface area contributed by atoms with E-state index < -0.39 is 11.7 Å². The number of nitrogens with zero attached hydrogens (tertiary/aromatic N) is 1. The maximum Gasteiger partial charge on any atom is 0.258 e. The fourth-order valence-corrected chi connectivity index (χ4v) is 3.63. The van der Waals surface area contributed by atoms with Gasteiger partial charge in [0.1, 0.15) is 5.82 Å². The topological polar surface area (TPSA) is 42.0 Å². The van der Waals surface area contributed by atoms with E-state index in [0.29, 0.717) is 5.69 Å². The van der Waals surface area contributed by atoms with Crippen LogP contribution < -0.4 is 5.32 Å². The van der Waals surface area contributed by atoms with Crippen LogP contribution in [0.1, 0.15) is 10.4 Å². The average Bonchev–Trinajstić information content (AvgIpc) is 2.89. The van der Waals surface area contributed by atoms with Crippen LogP contribution in [0.25, 0.3) is 10.2 Å². The molecule has 0 spiro atoms. The largest absolute Gasteiger partial charge is 0.322 e. The highest BCUT2D eigenvalue weighted by Crippen LogP contribution is 2.30. The SMILES string of the molecule is CSc1nc2ccc(NC(=O)c3ccc(Cl)cc3F)cc2s1. The second-order valence-corrected chi connectivity index (χ2v) is 6.97. The Labute approximate surface area is 139 Å². The van der Waals surface area contributed by atoms with Crippen molar-refractivity contribution in [3.05, 3.63) is 52.8 Å². The van der Waals surface area contributed by atoms with Gasteiger partial charge < -0.3 is 5.32 Å². The van der Waals surface area contributed by atoms with Gasteiger partial charge in [0.25, 0.3) is 5.91 Å². The van der Waals surface area contributed by atoms with Gasteiger partial charge in [-0.15, -0.1) is 11.3 Å². The fourth-order valence-electron chi connectivity index (χ4n) is 1.94. The molecule has 2 aromatic carbocycles. The summed E-state index contributed by atoms with van der Waals surface area (Å²) in [6.45, 7) is 0. The van der Waals surface area contributed by atoms with Crippen molar-refractivity contribution in [1.29, 1.82) is 0 Å². The third-order valence-electron chi connectivity index (χ3n) is 2.98. The van der Waals surface area contributed by atoms with E-state index in [1.807, 2.05) is 18.4 Å². The van der Waals surface area contributed by atoms with Crippen molar-refractivity contribution in [1.82, 2.24) is 4.98 Å². The van der Waals surface area contributed by atoms with Crippen LogP contribution in [0.5, 0.6) is 0 Å². The summed E-state index contributed by atoms with van der Waals surface area (Å²) in [6.07, 6.45) is 1.96. The maximum absolute atomic E-state index is 13.7. The Morgan fingerprint density at radius 2 is 2.14 bits per heavy atom. The van der Waals surface area contributed by atoms with E-state index in [1.54, 1.807) is 29.2 Å². The molecule has 3 rings (SSSR count). The highest BCUT2D eigenvalue weighted by Gasteiger charge is 2.13. The van der Waals surface area contributed by atoms with E-state index >= 15 is 0 Å². The number of thiazole rings is 1. The van der Waals surface area contributed by atoms with Gasteiger partial charge in [-0.25, -0.2) is 9.37 Å². The van der Waals surface area contributed by atoms with Crippen LogP contribution in [-0.2, 0) is 0 Å². The van der Waals surface area contributed by atoms with Crippen molar-refractivity contribution in [3.63, 3.8) is 0 Å². The molecule has 0 aliphatic heterocycles. The molecule has 3 nitrogen and oxygen atoms in total. The zero-order valence-corrected chi connectivity index (χ0v) is 13.8. The van der Waals surface area contributed by atoms with Crippen LogP contribution in [0.15, 0.2) is 40.7 Å². The van der Waals surface area contributed by atoms with E-state index in [4.69, 9.17) is 11.6 Å². The van der Waals surface area contributed by atoms with Gasteiger partial charge in [0.15, 0.2) is 4.34 Å². The summed E-state index contributed by atoms with van der Waals surface area (Å²) in [5.41, 5.74) is 1.44. The molecule has 22 heavy (non-hydrogen) atoms. The van der Waals surface area contributed by atoms with Gasteiger partial charge in [-0.3, -0.25) is 4.79 Å². The smallest absolute Gasteiger partial charge is 0.258 e. The fraction of sp³-hybridized carbons (Fsp3) is 0.0667. The van der Waals surface area contributed by atoms with Crippen LogP contribution in [0, 0.1) is 5.82 Å². The van der Waals surface area contributed by atoms with E-state index in [1.165, 1.54) is 12.1 Å². The average molecular weight is 353 g/mol. The number of fused-ring (bicyclic) bond motifs is 1. The van der Waals surface area contributed by atoms with Crippen molar-refractivity contribution >= 4 is 56.5 Å². The van der Waals surface area contributed by atoms with Crippen LogP contribution in [-0.4, -0.2) is 17.1 Å². The maximum atomic E-state index is 13.7. The van der Waals surface area contributed by atoms with Crippen molar-refractivity contribution in [2.75, 3.05) is 11.6 Å². The third-order valence-corrected chi connectivity index (χ3v) is 5.22. The predicted molar refractivity (Wildman–Crippen MR) is 90.8 cm³/mol. The molecule has 7 heteroatoms. The third kappa shape index (κ3) is 3.09. The van der Waals surface area contributed by atoms with Gasteiger partial charge in [-0.1, -0.05) is 23.4 Å². The standard InChI is InChI=1S/C15H10ClFN2OS2/c1-21-15-19-12-5-3-9(7-13(12)22-15)18-14(20)10-4-2-8(16)6-11(10)17/h2-7H,1H3,(H,18,20). The summed E-state index contributed by atoms with van der Waals surface area (Å²) >= 11 is 8.80. The van der Waals surface area contributed by atoms with Gasteiger partial charge >= 0.3 is 0 Å². The van der Waals surface area contributed by atoms with Crippen LogP contribution in [0.3, 0.4) is 0 Å². The number of anilines is 1. The summed E-state index contributed by atoms with van der Waals surface area (Å²) in [6, 6.07) is 9.38. The van der Waals surface area contributed by atoms with E-state index in [0.717, 1.165) is 20.6 Å². The Hall–Kier alpha value is -1.63. The van der Waals surface area contributed by atoms with Crippen molar-refractivity contribution in [3.8, 4) is 0 Å². The first kappa shape index (κ1) is 15.3. The van der Waals surface area contributed by atoms with Gasteiger partial charge in [0, 0.05) is 10.7 Å². The lowest BCUT2D eigenvalue weighted by molar-refractivity contribution is 0.102. The van der Waals surface area contributed by atoms with Gasteiger partial charge in [-0.2, -0.15) is 0 Å². The Morgan fingerprint density at radius 3 is 2.86 bits per heavy atom. The second-order valence-electron chi connectivity index (χ2n) is 4.44.